The summed E-state index contributed by atoms with van der Waals surface area (Å²) in [6.07, 6.45) is 0. The fourth-order valence-electron chi connectivity index (χ4n) is 2.21. The molecule has 2 rings (SSSR count). The Hall–Kier alpha value is -0.860. The molecule has 0 aliphatic carbocycles. The van der Waals surface area contributed by atoms with Crippen LogP contribution in [0.5, 0.6) is 0 Å². The molecule has 0 spiro atoms. The van der Waals surface area contributed by atoms with E-state index in [-0.39, 0.29) is 0 Å². The first-order valence-corrected chi connectivity index (χ1v) is 5.73. The zero-order chi connectivity index (χ0) is 10.8. The van der Waals surface area contributed by atoms with Crippen molar-refractivity contribution in [2.24, 2.45) is 11.7 Å². The molecule has 0 amide bonds. The molecule has 1 unspecified atom stereocenters. The van der Waals surface area contributed by atoms with Crippen LogP contribution in [0.25, 0.3) is 0 Å². The van der Waals surface area contributed by atoms with Crippen LogP contribution in [0.15, 0.2) is 24.3 Å². The van der Waals surface area contributed by atoms with Gasteiger partial charge >= 0.3 is 0 Å². The van der Waals surface area contributed by atoms with Crippen molar-refractivity contribution in [1.29, 1.82) is 0 Å². The van der Waals surface area contributed by atoms with E-state index >= 15 is 0 Å². The number of likely N-dealkylation sites (tertiary alicyclic amines) is 1. The molecule has 1 fully saturated rings. The van der Waals surface area contributed by atoms with E-state index in [0.717, 1.165) is 5.92 Å². The highest BCUT2D eigenvalue weighted by molar-refractivity contribution is 5.25. The number of nitrogens with zero attached hydrogens (tertiary/aromatic N) is 1. The van der Waals surface area contributed by atoms with Crippen molar-refractivity contribution < 1.29 is 0 Å². The van der Waals surface area contributed by atoms with Crippen molar-refractivity contribution in [3.8, 4) is 0 Å². The van der Waals surface area contributed by atoms with Gasteiger partial charge in [0, 0.05) is 25.7 Å². The Bertz CT molecular complexity index is 312. The summed E-state index contributed by atoms with van der Waals surface area (Å²) in [7, 11) is 0. The van der Waals surface area contributed by atoms with Gasteiger partial charge in [-0.25, -0.2) is 0 Å². The number of hydrogen-bond donors (Lipinski definition) is 1. The van der Waals surface area contributed by atoms with Crippen molar-refractivity contribution >= 4 is 0 Å². The molecule has 0 radical (unpaired) electrons. The van der Waals surface area contributed by atoms with Crippen molar-refractivity contribution in [3.05, 3.63) is 35.4 Å². The lowest BCUT2D eigenvalue weighted by atomic mass is 9.96. The molecule has 2 N–H and O–H groups in total. The summed E-state index contributed by atoms with van der Waals surface area (Å²) in [5.41, 5.74) is 8.19. The molecule has 15 heavy (non-hydrogen) atoms. The quantitative estimate of drug-likeness (QED) is 0.817. The Morgan fingerprint density at radius 3 is 2.40 bits per heavy atom. The van der Waals surface area contributed by atoms with Crippen LogP contribution in [-0.2, 0) is 6.54 Å². The zero-order valence-electron chi connectivity index (χ0n) is 9.61. The lowest BCUT2D eigenvalue weighted by Gasteiger charge is -2.41. The minimum absolute atomic E-state index is 0.549. The topological polar surface area (TPSA) is 29.3 Å². The molecule has 1 atom stereocenters. The van der Waals surface area contributed by atoms with E-state index in [1.807, 2.05) is 0 Å². The van der Waals surface area contributed by atoms with Crippen LogP contribution in [0.1, 0.15) is 31.0 Å². The van der Waals surface area contributed by atoms with E-state index in [2.05, 4.69) is 43.0 Å². The summed E-state index contributed by atoms with van der Waals surface area (Å²) in [4.78, 5) is 2.52. The highest BCUT2D eigenvalue weighted by Crippen LogP contribution is 2.27. The first-order chi connectivity index (χ1) is 7.20. The molecule has 1 aliphatic heterocycles. The van der Waals surface area contributed by atoms with Gasteiger partial charge in [0.05, 0.1) is 0 Å². The van der Waals surface area contributed by atoms with Gasteiger partial charge in [-0.05, 0) is 24.0 Å². The molecule has 0 saturated carbocycles. The van der Waals surface area contributed by atoms with Gasteiger partial charge in [-0.1, -0.05) is 31.2 Å². The average molecular weight is 204 g/mol. The van der Waals surface area contributed by atoms with E-state index in [0.29, 0.717) is 12.6 Å². The van der Waals surface area contributed by atoms with Gasteiger partial charge in [0.15, 0.2) is 0 Å². The van der Waals surface area contributed by atoms with Gasteiger partial charge in [0.1, 0.15) is 0 Å². The van der Waals surface area contributed by atoms with Crippen LogP contribution in [0.4, 0.5) is 0 Å². The number of nitrogens with two attached hydrogens (primary N) is 1. The van der Waals surface area contributed by atoms with Gasteiger partial charge in [-0.2, -0.15) is 0 Å². The Kier molecular flexibility index (Phi) is 3.08. The standard InChI is InChI=1S/C13H20N2/c1-10-8-15(9-10)11(2)13-5-3-12(7-14)4-6-13/h3-6,10-11H,7-9,14H2,1-2H3. The molecule has 1 heterocycles. The minimum Gasteiger partial charge on any atom is -0.326 e. The molecule has 2 heteroatoms. The molecule has 1 aromatic rings. The van der Waals surface area contributed by atoms with E-state index in [1.54, 1.807) is 0 Å². The highest BCUT2D eigenvalue weighted by Gasteiger charge is 2.27. The van der Waals surface area contributed by atoms with E-state index < -0.39 is 0 Å². The van der Waals surface area contributed by atoms with Crippen LogP contribution >= 0.6 is 0 Å². The Balaban J connectivity index is 2.02. The molecule has 1 aliphatic rings. The van der Waals surface area contributed by atoms with Gasteiger partial charge in [0.25, 0.3) is 0 Å². The lowest BCUT2D eigenvalue weighted by Crippen LogP contribution is -2.46. The largest absolute Gasteiger partial charge is 0.326 e. The molecule has 82 valence electrons. The Morgan fingerprint density at radius 1 is 1.33 bits per heavy atom. The molecular weight excluding hydrogens is 184 g/mol. The van der Waals surface area contributed by atoms with Crippen LogP contribution in [0.3, 0.4) is 0 Å². The third-order valence-electron chi connectivity index (χ3n) is 3.34. The van der Waals surface area contributed by atoms with Crippen LogP contribution in [0, 0.1) is 5.92 Å². The minimum atomic E-state index is 0.549. The predicted octanol–water partition coefficient (Wildman–Crippen LogP) is 2.16. The maximum absolute atomic E-state index is 5.58. The normalized spacial score (nSPS) is 19.9. The summed E-state index contributed by atoms with van der Waals surface area (Å²) >= 11 is 0. The van der Waals surface area contributed by atoms with Crippen molar-refractivity contribution in [1.82, 2.24) is 4.90 Å². The fraction of sp³-hybridized carbons (Fsp3) is 0.538. The van der Waals surface area contributed by atoms with Crippen molar-refractivity contribution in [2.45, 2.75) is 26.4 Å². The molecule has 1 saturated heterocycles. The summed E-state index contributed by atoms with van der Waals surface area (Å²) in [5, 5.41) is 0. The van der Waals surface area contributed by atoms with E-state index in [9.17, 15) is 0 Å². The highest BCUT2D eigenvalue weighted by atomic mass is 15.2. The maximum atomic E-state index is 5.58. The SMILES string of the molecule is CC1CN(C(C)c2ccc(CN)cc2)C1. The predicted molar refractivity (Wildman–Crippen MR) is 63.5 cm³/mol. The van der Waals surface area contributed by atoms with Crippen LogP contribution in [-0.4, -0.2) is 18.0 Å². The summed E-state index contributed by atoms with van der Waals surface area (Å²) < 4.78 is 0. The van der Waals surface area contributed by atoms with E-state index in [4.69, 9.17) is 5.73 Å². The molecule has 2 nitrogen and oxygen atoms in total. The Labute approximate surface area is 92.1 Å². The van der Waals surface area contributed by atoms with Gasteiger partial charge in [0.2, 0.25) is 0 Å². The summed E-state index contributed by atoms with van der Waals surface area (Å²) in [5.74, 6) is 0.871. The third-order valence-corrected chi connectivity index (χ3v) is 3.34. The number of hydrogen-bond acceptors (Lipinski definition) is 2. The first kappa shape index (κ1) is 10.7. The van der Waals surface area contributed by atoms with Crippen LogP contribution < -0.4 is 5.73 Å². The summed E-state index contributed by atoms with van der Waals surface area (Å²) in [6.45, 7) is 7.69. The number of benzene rings is 1. The molecule has 0 aromatic heterocycles. The second-order valence-electron chi connectivity index (χ2n) is 4.68. The molecule has 1 aromatic carbocycles. The monoisotopic (exact) mass is 204 g/mol. The first-order valence-electron chi connectivity index (χ1n) is 5.73. The van der Waals surface area contributed by atoms with Gasteiger partial charge in [-0.3, -0.25) is 4.90 Å². The second kappa shape index (κ2) is 4.33. The zero-order valence-corrected chi connectivity index (χ0v) is 9.61. The molecule has 0 bridgehead atoms. The van der Waals surface area contributed by atoms with Gasteiger partial charge < -0.3 is 5.73 Å². The van der Waals surface area contributed by atoms with E-state index in [1.165, 1.54) is 24.2 Å². The van der Waals surface area contributed by atoms with Crippen molar-refractivity contribution in [2.75, 3.05) is 13.1 Å². The second-order valence-corrected chi connectivity index (χ2v) is 4.68. The Morgan fingerprint density at radius 2 is 1.93 bits per heavy atom. The third kappa shape index (κ3) is 2.21. The average Bonchev–Trinajstić information content (AvgIpc) is 2.24. The maximum Gasteiger partial charge on any atom is 0.0320 e. The summed E-state index contributed by atoms with van der Waals surface area (Å²) in [6, 6.07) is 9.23. The number of rotatable bonds is 3. The van der Waals surface area contributed by atoms with Gasteiger partial charge in [-0.15, -0.1) is 0 Å². The smallest absolute Gasteiger partial charge is 0.0320 e. The van der Waals surface area contributed by atoms with Crippen molar-refractivity contribution in [3.63, 3.8) is 0 Å². The fourth-order valence-corrected chi connectivity index (χ4v) is 2.21. The lowest BCUT2D eigenvalue weighted by molar-refractivity contribution is 0.0702. The van der Waals surface area contributed by atoms with Crippen LogP contribution in [0.2, 0.25) is 0 Å². The molecular formula is C13H20N2.